The van der Waals surface area contributed by atoms with Crippen LogP contribution in [0.15, 0.2) is 132 Å². The molecule has 4 N–H and O–H groups in total. The van der Waals surface area contributed by atoms with Gasteiger partial charge < -0.3 is 34.7 Å². The predicted octanol–water partition coefficient (Wildman–Crippen LogP) is 8.01. The number of aliphatic hydroxyl groups excluding tert-OH is 1. The average Bonchev–Trinajstić information content (AvgIpc) is 3.34. The Kier molecular flexibility index (Phi) is 13.9. The van der Waals surface area contributed by atoms with Crippen molar-refractivity contribution in [3.8, 4) is 11.5 Å². The first-order chi connectivity index (χ1) is 31.1. The number of phenols is 1. The lowest BCUT2D eigenvalue weighted by atomic mass is 9.82. The Hall–Kier alpha value is -6.27. The second-order valence-electron chi connectivity index (χ2n) is 17.3. The molecule has 0 unspecified atom stereocenters. The SMILES string of the molecule is COc1cc(C(=O)N2CCC(c3cccc([C@](O)(C(=O)OCC4CCN(Cc5ccccc5)CC4)c4ccccc4)c3)CC2)ccc1CCC[C@H](O)c1ccc(O)c2[nH]c(=O)ccc12. The molecule has 0 radical (unpaired) electrons. The Morgan fingerprint density at radius 3 is 2.27 bits per heavy atom. The summed E-state index contributed by atoms with van der Waals surface area (Å²) < 4.78 is 11.7. The number of benzene rings is 5. The minimum atomic E-state index is -1.99. The second kappa shape index (κ2) is 20.1. The Morgan fingerprint density at radius 1 is 0.812 bits per heavy atom. The van der Waals surface area contributed by atoms with Gasteiger partial charge in [-0.25, -0.2) is 4.79 Å². The van der Waals surface area contributed by atoms with E-state index in [1.54, 1.807) is 43.5 Å². The second-order valence-corrected chi connectivity index (χ2v) is 17.3. The summed E-state index contributed by atoms with van der Waals surface area (Å²) in [5.41, 5.74) is 3.27. The van der Waals surface area contributed by atoms with Gasteiger partial charge in [-0.15, -0.1) is 0 Å². The van der Waals surface area contributed by atoms with Crippen LogP contribution in [0.4, 0.5) is 0 Å². The van der Waals surface area contributed by atoms with Crippen LogP contribution in [0, 0.1) is 5.92 Å². The maximum atomic E-state index is 14.0. The summed E-state index contributed by atoms with van der Waals surface area (Å²) in [4.78, 5) is 46.6. The number of esters is 1. The maximum Gasteiger partial charge on any atom is 0.347 e. The number of pyridine rings is 1. The lowest BCUT2D eigenvalue weighted by Crippen LogP contribution is -2.41. The van der Waals surface area contributed by atoms with Crippen molar-refractivity contribution in [1.29, 1.82) is 0 Å². The summed E-state index contributed by atoms with van der Waals surface area (Å²) in [7, 11) is 1.58. The first kappa shape index (κ1) is 44.3. The third-order valence-electron chi connectivity index (χ3n) is 13.2. The van der Waals surface area contributed by atoms with Gasteiger partial charge in [-0.2, -0.15) is 0 Å². The van der Waals surface area contributed by atoms with Crippen molar-refractivity contribution >= 4 is 22.8 Å². The highest BCUT2D eigenvalue weighted by atomic mass is 16.5. The first-order valence-electron chi connectivity index (χ1n) is 22.4. The Morgan fingerprint density at radius 2 is 1.53 bits per heavy atom. The zero-order valence-corrected chi connectivity index (χ0v) is 36.3. The van der Waals surface area contributed by atoms with Gasteiger partial charge in [0.05, 0.1) is 25.3 Å². The molecule has 5 aromatic carbocycles. The van der Waals surface area contributed by atoms with E-state index in [1.165, 1.54) is 17.7 Å². The topological polar surface area (TPSA) is 153 Å². The molecule has 8 rings (SSSR count). The number of rotatable bonds is 15. The number of piperidine rings is 2. The highest BCUT2D eigenvalue weighted by Crippen LogP contribution is 2.37. The molecule has 2 atom stereocenters. The van der Waals surface area contributed by atoms with E-state index in [9.17, 15) is 29.7 Å². The van der Waals surface area contributed by atoms with Crippen LogP contribution < -0.4 is 10.3 Å². The number of amides is 1. The molecule has 6 aromatic rings. The number of carbonyl (C=O) groups excluding carboxylic acids is 2. The number of H-pyrrole nitrogens is 1. The fourth-order valence-electron chi connectivity index (χ4n) is 9.42. The van der Waals surface area contributed by atoms with Gasteiger partial charge in [-0.3, -0.25) is 14.5 Å². The average molecular weight is 864 g/mol. The Balaban J connectivity index is 0.867. The number of carbonyl (C=O) groups is 2. The number of nitrogens with zero attached hydrogens (tertiary/aromatic N) is 2. The van der Waals surface area contributed by atoms with Gasteiger partial charge in [0.25, 0.3) is 5.91 Å². The number of fused-ring (bicyclic) bond motifs is 1. The molecule has 332 valence electrons. The lowest BCUT2D eigenvalue weighted by Gasteiger charge is -2.34. The van der Waals surface area contributed by atoms with Crippen LogP contribution in [0.1, 0.15) is 94.3 Å². The summed E-state index contributed by atoms with van der Waals surface area (Å²) in [5, 5.41) is 34.3. The summed E-state index contributed by atoms with van der Waals surface area (Å²) in [6.45, 7) is 4.10. The highest BCUT2D eigenvalue weighted by Gasteiger charge is 2.42. The maximum absolute atomic E-state index is 14.0. The number of methoxy groups -OCH3 is 1. The number of likely N-dealkylation sites (tertiary alicyclic amines) is 2. The lowest BCUT2D eigenvalue weighted by molar-refractivity contribution is -0.164. The smallest absolute Gasteiger partial charge is 0.347 e. The number of hydrogen-bond donors (Lipinski definition) is 4. The van der Waals surface area contributed by atoms with Crippen LogP contribution in [0.5, 0.6) is 11.5 Å². The molecule has 11 heteroatoms. The molecule has 0 spiro atoms. The van der Waals surface area contributed by atoms with E-state index in [4.69, 9.17) is 9.47 Å². The fraction of sp³-hybridized carbons (Fsp3) is 0.340. The van der Waals surface area contributed by atoms with Gasteiger partial charge >= 0.3 is 5.97 Å². The minimum Gasteiger partial charge on any atom is -0.506 e. The zero-order valence-electron chi connectivity index (χ0n) is 36.3. The van der Waals surface area contributed by atoms with Gasteiger partial charge in [0, 0.05) is 36.7 Å². The standard InChI is InChI=1S/C53H57N3O8/c1-63-48-33-41(19-18-39(48)12-9-17-46(57)44-20-22-47(58)50-45(44)21-23-49(59)54-50)51(60)56-30-26-38(27-31-56)40-13-8-16-43(32-40)53(62,42-14-6-3-7-15-42)52(61)64-35-37-24-28-55(29-25-37)34-36-10-4-2-5-11-36/h2-8,10-11,13-16,18-23,32-33,37-38,46,57-58,62H,9,12,17,24-31,34-35H2,1H3,(H,54,59)/t46-,53-/m0/s1. The van der Waals surface area contributed by atoms with E-state index in [0.717, 1.165) is 56.4 Å². The molecular formula is C53H57N3O8. The van der Waals surface area contributed by atoms with Crippen molar-refractivity contribution in [2.24, 2.45) is 5.92 Å². The molecule has 2 aliphatic heterocycles. The molecule has 3 heterocycles. The predicted molar refractivity (Wildman–Crippen MR) is 246 cm³/mol. The molecule has 64 heavy (non-hydrogen) atoms. The number of aromatic hydroxyl groups is 1. The van der Waals surface area contributed by atoms with Gasteiger partial charge in [0.15, 0.2) is 0 Å². The van der Waals surface area contributed by atoms with Crippen LogP contribution in [-0.2, 0) is 28.1 Å². The third kappa shape index (κ3) is 9.92. The van der Waals surface area contributed by atoms with Crippen LogP contribution >= 0.6 is 0 Å². The van der Waals surface area contributed by atoms with E-state index in [2.05, 4.69) is 34.1 Å². The van der Waals surface area contributed by atoms with Crippen molar-refractivity contribution < 1.29 is 34.4 Å². The van der Waals surface area contributed by atoms with E-state index >= 15 is 0 Å². The van der Waals surface area contributed by atoms with Crippen molar-refractivity contribution in [3.05, 3.63) is 177 Å². The van der Waals surface area contributed by atoms with Crippen molar-refractivity contribution in [3.63, 3.8) is 0 Å². The number of aromatic amines is 1. The van der Waals surface area contributed by atoms with Crippen LogP contribution in [0.3, 0.4) is 0 Å². The number of aromatic nitrogens is 1. The minimum absolute atomic E-state index is 0.0529. The van der Waals surface area contributed by atoms with Gasteiger partial charge in [-0.05, 0) is 128 Å². The van der Waals surface area contributed by atoms with Crippen molar-refractivity contribution in [2.45, 2.75) is 69.1 Å². The summed E-state index contributed by atoms with van der Waals surface area (Å²) in [6, 6.07) is 38.7. The summed E-state index contributed by atoms with van der Waals surface area (Å²) in [5.74, 6) is 0.138. The molecule has 11 nitrogen and oxygen atoms in total. The molecule has 2 fully saturated rings. The molecule has 0 saturated carbocycles. The normalized spacial score (nSPS) is 16.6. The Bertz CT molecular complexity index is 2600. The number of ether oxygens (including phenoxy) is 2. The first-order valence-corrected chi connectivity index (χ1v) is 22.4. The molecule has 0 aliphatic carbocycles. The molecule has 0 bridgehead atoms. The monoisotopic (exact) mass is 863 g/mol. The fourth-order valence-corrected chi connectivity index (χ4v) is 9.42. The summed E-state index contributed by atoms with van der Waals surface area (Å²) >= 11 is 0. The number of aryl methyl sites for hydroxylation is 1. The van der Waals surface area contributed by atoms with E-state index < -0.39 is 17.7 Å². The Labute approximate surface area is 373 Å². The van der Waals surface area contributed by atoms with Crippen LogP contribution in [-0.4, -0.2) is 81.9 Å². The zero-order chi connectivity index (χ0) is 44.6. The largest absolute Gasteiger partial charge is 0.506 e. The molecular weight excluding hydrogens is 807 g/mol. The van der Waals surface area contributed by atoms with Crippen molar-refractivity contribution in [2.75, 3.05) is 39.9 Å². The van der Waals surface area contributed by atoms with E-state index in [0.29, 0.717) is 71.3 Å². The van der Waals surface area contributed by atoms with Crippen LogP contribution in [0.2, 0.25) is 0 Å². The van der Waals surface area contributed by atoms with E-state index in [1.807, 2.05) is 59.5 Å². The number of nitrogens with one attached hydrogen (secondary N) is 1. The van der Waals surface area contributed by atoms with E-state index in [-0.39, 0.29) is 35.7 Å². The molecule has 2 saturated heterocycles. The number of aliphatic hydroxyl groups is 2. The third-order valence-corrected chi connectivity index (χ3v) is 13.2. The van der Waals surface area contributed by atoms with Gasteiger partial charge in [0.2, 0.25) is 11.2 Å². The quantitative estimate of drug-likeness (QED) is 0.0753. The van der Waals surface area contributed by atoms with Crippen LogP contribution in [0.25, 0.3) is 10.9 Å². The number of hydrogen-bond acceptors (Lipinski definition) is 9. The molecule has 1 amide bonds. The van der Waals surface area contributed by atoms with Gasteiger partial charge in [0.1, 0.15) is 11.5 Å². The number of phenolic OH excluding ortho intramolecular Hbond substituents is 1. The summed E-state index contributed by atoms with van der Waals surface area (Å²) in [6.07, 6.45) is 4.13. The highest BCUT2D eigenvalue weighted by molar-refractivity contribution is 5.95. The molecule has 1 aromatic heterocycles. The molecule has 2 aliphatic rings. The van der Waals surface area contributed by atoms with Crippen molar-refractivity contribution in [1.82, 2.24) is 14.8 Å². The van der Waals surface area contributed by atoms with Gasteiger partial charge in [-0.1, -0.05) is 97.1 Å².